The molecular weight excluding hydrogens is 130 g/mol. The van der Waals surface area contributed by atoms with Crippen molar-refractivity contribution in [2.45, 2.75) is 32.7 Å². The van der Waals surface area contributed by atoms with Crippen LogP contribution in [0.15, 0.2) is 0 Å². The second kappa shape index (κ2) is 5.23. The molecule has 0 heterocycles. The molecule has 1 atom stereocenters. The van der Waals surface area contributed by atoms with E-state index >= 15 is 0 Å². The van der Waals surface area contributed by atoms with Crippen molar-refractivity contribution in [3.05, 3.63) is 0 Å². The fourth-order valence-electron chi connectivity index (χ4n) is 0.643. The Hall–Kier alpha value is -0.570. The van der Waals surface area contributed by atoms with Crippen LogP contribution in [0.2, 0.25) is 0 Å². The third-order valence-electron chi connectivity index (χ3n) is 1.29. The van der Waals surface area contributed by atoms with Gasteiger partial charge in [-0.25, -0.2) is 0 Å². The van der Waals surface area contributed by atoms with Crippen molar-refractivity contribution in [2.75, 3.05) is 6.61 Å². The quantitative estimate of drug-likeness (QED) is 0.597. The van der Waals surface area contributed by atoms with Crippen LogP contribution in [0.4, 0.5) is 0 Å². The molecule has 0 aromatic heterocycles. The maximum atomic E-state index is 10.7. The second-order valence-corrected chi connectivity index (χ2v) is 2.33. The first-order valence-electron chi connectivity index (χ1n) is 3.61. The van der Waals surface area contributed by atoms with Gasteiger partial charge in [0.25, 0.3) is 0 Å². The van der Waals surface area contributed by atoms with E-state index in [1.54, 1.807) is 6.92 Å². The molecule has 0 spiro atoms. The zero-order valence-electron chi connectivity index (χ0n) is 6.55. The number of carbonyl (C=O) groups is 1. The summed E-state index contributed by atoms with van der Waals surface area (Å²) >= 11 is 0. The highest BCUT2D eigenvalue weighted by molar-refractivity contribution is 5.75. The van der Waals surface area contributed by atoms with Gasteiger partial charge in [-0.15, -0.1) is 0 Å². The Kier molecular flexibility index (Phi) is 4.94. The van der Waals surface area contributed by atoms with Crippen LogP contribution in [0, 0.1) is 0 Å². The lowest BCUT2D eigenvalue weighted by Crippen LogP contribution is -2.32. The summed E-state index contributed by atoms with van der Waals surface area (Å²) in [5, 5.41) is 11.2. The van der Waals surface area contributed by atoms with E-state index < -0.39 is 0 Å². The summed E-state index contributed by atoms with van der Waals surface area (Å²) in [6, 6.07) is 0.0949. The Balaban J connectivity index is 3.37. The fourth-order valence-corrected chi connectivity index (χ4v) is 0.643. The molecule has 3 nitrogen and oxygen atoms in total. The highest BCUT2D eigenvalue weighted by Gasteiger charge is 2.02. The number of carbonyl (C=O) groups excluding carboxylic acids is 1. The molecule has 1 amide bonds. The van der Waals surface area contributed by atoms with Crippen molar-refractivity contribution in [2.24, 2.45) is 0 Å². The van der Waals surface area contributed by atoms with E-state index in [4.69, 9.17) is 5.11 Å². The Morgan fingerprint density at radius 2 is 2.30 bits per heavy atom. The van der Waals surface area contributed by atoms with Gasteiger partial charge in [0.15, 0.2) is 0 Å². The molecule has 0 aromatic carbocycles. The van der Waals surface area contributed by atoms with E-state index in [0.717, 1.165) is 0 Å². The van der Waals surface area contributed by atoms with Gasteiger partial charge in [0, 0.05) is 19.1 Å². The van der Waals surface area contributed by atoms with Crippen molar-refractivity contribution < 1.29 is 9.90 Å². The molecule has 0 unspecified atom stereocenters. The number of hydrogen-bond donors (Lipinski definition) is 2. The second-order valence-electron chi connectivity index (χ2n) is 2.33. The van der Waals surface area contributed by atoms with Crippen LogP contribution in [0.3, 0.4) is 0 Å². The van der Waals surface area contributed by atoms with Gasteiger partial charge in [-0.2, -0.15) is 0 Å². The normalized spacial score (nSPS) is 12.7. The van der Waals surface area contributed by atoms with Gasteiger partial charge in [0.1, 0.15) is 0 Å². The summed E-state index contributed by atoms with van der Waals surface area (Å²) in [5.41, 5.74) is 0. The predicted molar refractivity (Wildman–Crippen MR) is 39.6 cm³/mol. The first-order valence-corrected chi connectivity index (χ1v) is 3.61. The van der Waals surface area contributed by atoms with Crippen LogP contribution in [0.5, 0.6) is 0 Å². The van der Waals surface area contributed by atoms with E-state index in [1.807, 2.05) is 6.92 Å². The molecule has 0 aliphatic rings. The van der Waals surface area contributed by atoms with E-state index in [1.165, 1.54) is 0 Å². The van der Waals surface area contributed by atoms with E-state index in [0.29, 0.717) is 12.8 Å². The van der Waals surface area contributed by atoms with E-state index in [2.05, 4.69) is 5.32 Å². The van der Waals surface area contributed by atoms with Gasteiger partial charge < -0.3 is 10.4 Å². The molecular formula is C7H15NO2. The number of aliphatic hydroxyl groups is 1. The van der Waals surface area contributed by atoms with Crippen LogP contribution in [-0.2, 0) is 4.79 Å². The van der Waals surface area contributed by atoms with Crippen LogP contribution < -0.4 is 5.32 Å². The van der Waals surface area contributed by atoms with Crippen LogP contribution in [0.25, 0.3) is 0 Å². The number of nitrogens with one attached hydrogen (secondary N) is 1. The summed E-state index contributed by atoms with van der Waals surface area (Å²) < 4.78 is 0. The maximum Gasteiger partial charge on any atom is 0.219 e. The number of rotatable bonds is 4. The molecule has 0 bridgehead atoms. The van der Waals surface area contributed by atoms with Gasteiger partial charge in [-0.3, -0.25) is 4.79 Å². The van der Waals surface area contributed by atoms with Crippen molar-refractivity contribution in [3.63, 3.8) is 0 Å². The molecule has 0 rings (SSSR count). The highest BCUT2D eigenvalue weighted by Crippen LogP contribution is 1.88. The Labute approximate surface area is 61.4 Å². The molecule has 0 aromatic rings. The van der Waals surface area contributed by atoms with E-state index in [9.17, 15) is 4.79 Å². The van der Waals surface area contributed by atoms with Crippen molar-refractivity contribution in [3.8, 4) is 0 Å². The van der Waals surface area contributed by atoms with Crippen LogP contribution >= 0.6 is 0 Å². The first kappa shape index (κ1) is 9.43. The monoisotopic (exact) mass is 145 g/mol. The molecule has 0 aliphatic heterocycles. The van der Waals surface area contributed by atoms with Gasteiger partial charge in [-0.05, 0) is 13.3 Å². The van der Waals surface area contributed by atoms with Gasteiger partial charge in [-0.1, -0.05) is 6.92 Å². The number of aliphatic hydroxyl groups excluding tert-OH is 1. The highest BCUT2D eigenvalue weighted by atomic mass is 16.3. The molecule has 10 heavy (non-hydrogen) atoms. The first-order chi connectivity index (χ1) is 4.70. The van der Waals surface area contributed by atoms with Crippen LogP contribution in [-0.4, -0.2) is 23.7 Å². The molecule has 0 saturated carbocycles. The SMILES string of the molecule is CCC(=O)N[C@@H](C)CCO. The summed E-state index contributed by atoms with van der Waals surface area (Å²) in [5.74, 6) is 0.0425. The molecule has 0 radical (unpaired) electrons. The zero-order valence-corrected chi connectivity index (χ0v) is 6.55. The molecule has 0 saturated heterocycles. The lowest BCUT2D eigenvalue weighted by molar-refractivity contribution is -0.121. The predicted octanol–water partition coefficient (Wildman–Crippen LogP) is 0.283. The standard InChI is InChI=1S/C7H15NO2/c1-3-7(10)8-6(2)4-5-9/h6,9H,3-5H2,1-2H3,(H,8,10)/t6-/m0/s1. The third-order valence-corrected chi connectivity index (χ3v) is 1.29. The fraction of sp³-hybridized carbons (Fsp3) is 0.857. The third kappa shape index (κ3) is 4.32. The molecule has 2 N–H and O–H groups in total. The maximum absolute atomic E-state index is 10.7. The van der Waals surface area contributed by atoms with E-state index in [-0.39, 0.29) is 18.6 Å². The molecule has 60 valence electrons. The van der Waals surface area contributed by atoms with Crippen molar-refractivity contribution >= 4 is 5.91 Å². The number of hydrogen-bond acceptors (Lipinski definition) is 2. The summed E-state index contributed by atoms with van der Waals surface area (Å²) in [7, 11) is 0. The van der Waals surface area contributed by atoms with Gasteiger partial charge in [0.2, 0.25) is 5.91 Å². The summed E-state index contributed by atoms with van der Waals surface area (Å²) in [6.07, 6.45) is 1.14. The molecule has 0 aliphatic carbocycles. The Bertz CT molecular complexity index is 104. The van der Waals surface area contributed by atoms with Crippen molar-refractivity contribution in [1.82, 2.24) is 5.32 Å². The summed E-state index contributed by atoms with van der Waals surface area (Å²) in [4.78, 5) is 10.7. The van der Waals surface area contributed by atoms with Crippen molar-refractivity contribution in [1.29, 1.82) is 0 Å². The molecule has 3 heteroatoms. The minimum Gasteiger partial charge on any atom is -0.396 e. The number of amides is 1. The summed E-state index contributed by atoms with van der Waals surface area (Å²) in [6.45, 7) is 3.82. The minimum atomic E-state index is 0.0425. The largest absolute Gasteiger partial charge is 0.396 e. The van der Waals surface area contributed by atoms with Gasteiger partial charge >= 0.3 is 0 Å². The topological polar surface area (TPSA) is 49.3 Å². The average Bonchev–Trinajstić information content (AvgIpc) is 1.88. The van der Waals surface area contributed by atoms with Gasteiger partial charge in [0.05, 0.1) is 0 Å². The lowest BCUT2D eigenvalue weighted by Gasteiger charge is -2.10. The molecule has 0 fully saturated rings. The minimum absolute atomic E-state index is 0.0425. The smallest absolute Gasteiger partial charge is 0.219 e. The average molecular weight is 145 g/mol. The Morgan fingerprint density at radius 3 is 2.70 bits per heavy atom. The Morgan fingerprint density at radius 1 is 1.70 bits per heavy atom. The zero-order chi connectivity index (χ0) is 7.98. The lowest BCUT2D eigenvalue weighted by atomic mass is 10.2. The van der Waals surface area contributed by atoms with Crippen LogP contribution in [0.1, 0.15) is 26.7 Å².